The lowest BCUT2D eigenvalue weighted by Gasteiger charge is -2.36. The minimum absolute atomic E-state index is 0.0465. The van der Waals surface area contributed by atoms with E-state index in [2.05, 4.69) is 29.2 Å². The van der Waals surface area contributed by atoms with Gasteiger partial charge in [-0.1, -0.05) is 12.5 Å². The maximum absolute atomic E-state index is 12.9. The van der Waals surface area contributed by atoms with Crippen LogP contribution < -0.4 is 4.74 Å². The number of nitrogens with zero attached hydrogens (tertiary/aromatic N) is 3. The van der Waals surface area contributed by atoms with Crippen LogP contribution in [0, 0.1) is 17.2 Å². The van der Waals surface area contributed by atoms with Crippen molar-refractivity contribution in [3.05, 3.63) is 64.7 Å². The van der Waals surface area contributed by atoms with Crippen molar-refractivity contribution in [2.75, 3.05) is 32.8 Å². The molecular weight excluding hydrogens is 410 g/mol. The Balaban J connectivity index is 1.15. The van der Waals surface area contributed by atoms with Crippen LogP contribution in [-0.2, 0) is 12.8 Å². The molecule has 0 radical (unpaired) electrons. The number of likely N-dealkylation sites (tertiary alicyclic amines) is 1. The van der Waals surface area contributed by atoms with E-state index in [1.807, 2.05) is 4.90 Å². The van der Waals surface area contributed by atoms with Crippen molar-refractivity contribution in [2.24, 2.45) is 5.92 Å². The smallest absolute Gasteiger partial charge is 0.253 e. The third-order valence-corrected chi connectivity index (χ3v) is 7.66. The molecule has 2 fully saturated rings. The van der Waals surface area contributed by atoms with Gasteiger partial charge < -0.3 is 9.64 Å². The summed E-state index contributed by atoms with van der Waals surface area (Å²) in [5.41, 5.74) is 4.14. The second-order valence-corrected chi connectivity index (χ2v) is 9.81. The van der Waals surface area contributed by atoms with E-state index >= 15 is 0 Å². The Hall–Kier alpha value is -2.84. The summed E-state index contributed by atoms with van der Waals surface area (Å²) in [4.78, 5) is 17.5. The lowest BCUT2D eigenvalue weighted by atomic mass is 9.91. The first-order valence-electron chi connectivity index (χ1n) is 12.5. The third kappa shape index (κ3) is 5.07. The molecule has 1 saturated carbocycles. The predicted octanol–water partition coefficient (Wildman–Crippen LogP) is 4.44. The standard InChI is InChI=1S/C28H33N3O2/c29-18-21-6-8-24(9-7-21)28(32)31-14-2-3-22(19-31)20-33-27-11-10-23-12-15-30(26-4-1-5-26)16-13-25(23)17-27/h6-11,17,22,26H,1-5,12-16,19-20H2/t22-/m0/s1. The van der Waals surface area contributed by atoms with E-state index in [4.69, 9.17) is 10.00 Å². The fraction of sp³-hybridized carbons (Fsp3) is 0.500. The zero-order valence-corrected chi connectivity index (χ0v) is 19.3. The van der Waals surface area contributed by atoms with Gasteiger partial charge in [-0.3, -0.25) is 9.69 Å². The molecule has 0 spiro atoms. The molecule has 33 heavy (non-hydrogen) atoms. The zero-order valence-electron chi connectivity index (χ0n) is 19.3. The molecule has 5 nitrogen and oxygen atoms in total. The highest BCUT2D eigenvalue weighted by Gasteiger charge is 2.27. The van der Waals surface area contributed by atoms with Crippen molar-refractivity contribution < 1.29 is 9.53 Å². The molecule has 1 aliphatic carbocycles. The first-order chi connectivity index (χ1) is 16.2. The number of carbonyl (C=O) groups excluding carboxylic acids is 1. The fourth-order valence-corrected chi connectivity index (χ4v) is 5.40. The molecule has 0 bridgehead atoms. The SMILES string of the molecule is N#Cc1ccc(C(=O)N2CCC[C@H](COc3ccc4c(c3)CCN(C3CCC3)CC4)C2)cc1. The average molecular weight is 444 g/mol. The van der Waals surface area contributed by atoms with E-state index in [0.717, 1.165) is 57.1 Å². The van der Waals surface area contributed by atoms with Gasteiger partial charge in [-0.05, 0) is 86.1 Å². The number of hydrogen-bond acceptors (Lipinski definition) is 4. The summed E-state index contributed by atoms with van der Waals surface area (Å²) >= 11 is 0. The van der Waals surface area contributed by atoms with Gasteiger partial charge in [0.2, 0.25) is 0 Å². The Morgan fingerprint density at radius 1 is 0.970 bits per heavy atom. The average Bonchev–Trinajstić information content (AvgIpc) is 3.04. The van der Waals surface area contributed by atoms with Crippen LogP contribution in [0.15, 0.2) is 42.5 Å². The lowest BCUT2D eigenvalue weighted by Crippen LogP contribution is -2.41. The quantitative estimate of drug-likeness (QED) is 0.685. The number of rotatable bonds is 5. The Labute approximate surface area is 196 Å². The highest BCUT2D eigenvalue weighted by atomic mass is 16.5. The highest BCUT2D eigenvalue weighted by molar-refractivity contribution is 5.94. The third-order valence-electron chi connectivity index (χ3n) is 7.66. The van der Waals surface area contributed by atoms with E-state index in [-0.39, 0.29) is 5.91 Å². The summed E-state index contributed by atoms with van der Waals surface area (Å²) in [5.74, 6) is 1.35. The number of hydrogen-bond donors (Lipinski definition) is 0. The van der Waals surface area contributed by atoms with E-state index in [1.165, 1.54) is 36.9 Å². The van der Waals surface area contributed by atoms with Crippen LogP contribution in [0.4, 0.5) is 0 Å². The van der Waals surface area contributed by atoms with Gasteiger partial charge in [0.1, 0.15) is 5.75 Å². The number of benzene rings is 2. The van der Waals surface area contributed by atoms with E-state index in [0.29, 0.717) is 23.7 Å². The molecule has 1 amide bonds. The summed E-state index contributed by atoms with van der Waals surface area (Å²) in [6, 6.07) is 16.5. The van der Waals surface area contributed by atoms with Gasteiger partial charge in [-0.2, -0.15) is 5.26 Å². The molecule has 2 aromatic rings. The Kier molecular flexibility index (Phi) is 6.64. The van der Waals surface area contributed by atoms with Crippen LogP contribution in [0.2, 0.25) is 0 Å². The maximum atomic E-state index is 12.9. The monoisotopic (exact) mass is 443 g/mol. The topological polar surface area (TPSA) is 56.6 Å². The Bertz CT molecular complexity index is 1020. The van der Waals surface area contributed by atoms with E-state index in [1.54, 1.807) is 24.3 Å². The summed E-state index contributed by atoms with van der Waals surface area (Å²) in [6.07, 6.45) is 8.47. The number of ether oxygens (including phenoxy) is 1. The number of carbonyl (C=O) groups is 1. The molecule has 0 unspecified atom stereocenters. The summed E-state index contributed by atoms with van der Waals surface area (Å²) in [5, 5.41) is 8.97. The molecule has 5 rings (SSSR count). The Morgan fingerprint density at radius 2 is 1.76 bits per heavy atom. The molecule has 5 heteroatoms. The largest absolute Gasteiger partial charge is 0.493 e. The summed E-state index contributed by atoms with van der Waals surface area (Å²) < 4.78 is 6.24. The number of piperidine rings is 1. The van der Waals surface area contributed by atoms with Gasteiger partial charge in [0.15, 0.2) is 0 Å². The molecule has 0 aromatic heterocycles. The Morgan fingerprint density at radius 3 is 2.48 bits per heavy atom. The first kappa shape index (κ1) is 22.0. The van der Waals surface area contributed by atoms with Gasteiger partial charge in [0.25, 0.3) is 5.91 Å². The highest BCUT2D eigenvalue weighted by Crippen LogP contribution is 2.29. The van der Waals surface area contributed by atoms with Crippen molar-refractivity contribution in [3.8, 4) is 11.8 Å². The second kappa shape index (κ2) is 9.97. The zero-order chi connectivity index (χ0) is 22.6. The molecule has 172 valence electrons. The second-order valence-electron chi connectivity index (χ2n) is 9.81. The van der Waals surface area contributed by atoms with Crippen molar-refractivity contribution in [2.45, 2.75) is 51.0 Å². The van der Waals surface area contributed by atoms with E-state index < -0.39 is 0 Å². The summed E-state index contributed by atoms with van der Waals surface area (Å²) in [7, 11) is 0. The molecular formula is C28H33N3O2. The van der Waals surface area contributed by atoms with Gasteiger partial charge in [0, 0.05) is 43.7 Å². The fourth-order valence-electron chi connectivity index (χ4n) is 5.40. The van der Waals surface area contributed by atoms with Crippen LogP contribution in [0.5, 0.6) is 5.75 Å². The van der Waals surface area contributed by atoms with Crippen molar-refractivity contribution >= 4 is 5.91 Å². The van der Waals surface area contributed by atoms with Crippen LogP contribution in [-0.4, -0.2) is 54.5 Å². The molecule has 0 N–H and O–H groups in total. The first-order valence-corrected chi connectivity index (χ1v) is 12.5. The van der Waals surface area contributed by atoms with Crippen LogP contribution in [0.25, 0.3) is 0 Å². The van der Waals surface area contributed by atoms with Gasteiger partial charge in [-0.25, -0.2) is 0 Å². The van der Waals surface area contributed by atoms with Gasteiger partial charge in [-0.15, -0.1) is 0 Å². The number of fused-ring (bicyclic) bond motifs is 1. The normalized spacial score (nSPS) is 21.4. The number of amides is 1. The van der Waals surface area contributed by atoms with Crippen LogP contribution >= 0.6 is 0 Å². The molecule has 2 heterocycles. The van der Waals surface area contributed by atoms with Crippen LogP contribution in [0.1, 0.15) is 59.2 Å². The maximum Gasteiger partial charge on any atom is 0.253 e. The molecule has 1 saturated heterocycles. The minimum Gasteiger partial charge on any atom is -0.493 e. The molecule has 3 aliphatic rings. The lowest BCUT2D eigenvalue weighted by molar-refractivity contribution is 0.0633. The van der Waals surface area contributed by atoms with E-state index in [9.17, 15) is 4.79 Å². The molecule has 1 atom stereocenters. The predicted molar refractivity (Wildman–Crippen MR) is 128 cm³/mol. The van der Waals surface area contributed by atoms with Crippen LogP contribution in [0.3, 0.4) is 0 Å². The van der Waals surface area contributed by atoms with Crippen molar-refractivity contribution in [1.82, 2.24) is 9.80 Å². The van der Waals surface area contributed by atoms with Gasteiger partial charge >= 0.3 is 0 Å². The van der Waals surface area contributed by atoms with Crippen molar-refractivity contribution in [1.29, 1.82) is 5.26 Å². The minimum atomic E-state index is 0.0465. The molecule has 2 aromatic carbocycles. The van der Waals surface area contributed by atoms with Gasteiger partial charge in [0.05, 0.1) is 18.2 Å². The van der Waals surface area contributed by atoms with Crippen molar-refractivity contribution in [3.63, 3.8) is 0 Å². The molecule has 2 aliphatic heterocycles. The number of nitriles is 1. The summed E-state index contributed by atoms with van der Waals surface area (Å²) in [6.45, 7) is 4.50.